The molecule has 0 fully saturated rings. The van der Waals surface area contributed by atoms with Gasteiger partial charge < -0.3 is 9.88 Å². The van der Waals surface area contributed by atoms with Gasteiger partial charge in [0.1, 0.15) is 5.52 Å². The fourth-order valence-electron chi connectivity index (χ4n) is 3.19. The van der Waals surface area contributed by atoms with Crippen LogP contribution in [0.1, 0.15) is 6.92 Å². The Morgan fingerprint density at radius 1 is 1.10 bits per heavy atom. The maximum Gasteiger partial charge on any atom is 0.239 e. The zero-order chi connectivity index (χ0) is 20.0. The van der Waals surface area contributed by atoms with Crippen molar-refractivity contribution >= 4 is 66.4 Å². The van der Waals surface area contributed by atoms with Gasteiger partial charge in [-0.3, -0.25) is 4.79 Å². The Balaban J connectivity index is 1.37. The van der Waals surface area contributed by atoms with Crippen molar-refractivity contribution in [2.24, 2.45) is 7.05 Å². The Labute approximate surface area is 174 Å². The summed E-state index contributed by atoms with van der Waals surface area (Å²) in [7, 11) is 1.96. The van der Waals surface area contributed by atoms with Gasteiger partial charge in [0.15, 0.2) is 10.8 Å². The molecule has 3 heterocycles. The Morgan fingerprint density at radius 3 is 2.76 bits per heavy atom. The predicted octanol–water partition coefficient (Wildman–Crippen LogP) is 4.25. The highest BCUT2D eigenvalue weighted by molar-refractivity contribution is 8.00. The van der Waals surface area contributed by atoms with Crippen molar-refractivity contribution in [3.8, 4) is 0 Å². The van der Waals surface area contributed by atoms with E-state index in [1.807, 2.05) is 67.1 Å². The number of amides is 1. The van der Waals surface area contributed by atoms with Crippen molar-refractivity contribution in [1.82, 2.24) is 24.7 Å². The molecule has 0 radical (unpaired) electrons. The van der Waals surface area contributed by atoms with Gasteiger partial charge in [-0.05, 0) is 25.1 Å². The van der Waals surface area contributed by atoms with E-state index in [-0.39, 0.29) is 5.91 Å². The number of benzene rings is 2. The lowest BCUT2D eigenvalue weighted by Gasteiger charge is -2.09. The fraction of sp³-hybridized carbons (Fsp3) is 0.150. The van der Waals surface area contributed by atoms with Crippen LogP contribution in [0.2, 0.25) is 0 Å². The lowest BCUT2D eigenvalue weighted by atomic mass is 10.2. The predicted molar refractivity (Wildman–Crippen MR) is 117 cm³/mol. The monoisotopic (exact) mass is 420 g/mol. The highest BCUT2D eigenvalue weighted by atomic mass is 32.2. The van der Waals surface area contributed by atoms with E-state index >= 15 is 0 Å². The Hall–Kier alpha value is -3.04. The summed E-state index contributed by atoms with van der Waals surface area (Å²) < 4.78 is 3.03. The number of hydrogen-bond donors (Lipinski definition) is 1. The molecule has 3 aromatic heterocycles. The van der Waals surface area contributed by atoms with E-state index in [0.717, 1.165) is 32.3 Å². The minimum absolute atomic E-state index is 0.144. The third-order valence-electron chi connectivity index (χ3n) is 4.66. The molecule has 0 aliphatic heterocycles. The average Bonchev–Trinajstić information content (AvgIpc) is 3.27. The molecular formula is C20H16N6OS2. The number of fused-ring (bicyclic) bond motifs is 4. The number of thiazole rings is 1. The standard InChI is InChI=1S/C20H16N6OS2/c1-11(18(27)23-19-21-13-8-4-6-10-15(13)29-19)28-20-22-17-16(24-25-20)12-7-3-5-9-14(12)26(17)2/h3-11H,1-2H3,(H,21,23,27)/t11-/m0/s1. The Bertz CT molecular complexity index is 1340. The molecule has 1 N–H and O–H groups in total. The number of rotatable bonds is 4. The van der Waals surface area contributed by atoms with Crippen molar-refractivity contribution in [2.75, 3.05) is 5.32 Å². The second-order valence-corrected chi connectivity index (χ2v) is 8.92. The van der Waals surface area contributed by atoms with Crippen molar-refractivity contribution in [3.63, 3.8) is 0 Å². The lowest BCUT2D eigenvalue weighted by molar-refractivity contribution is -0.115. The van der Waals surface area contributed by atoms with Gasteiger partial charge in [0, 0.05) is 12.4 Å². The SMILES string of the molecule is C[C@H](Sc1nnc2c3ccccc3n(C)c2n1)C(=O)Nc1nc2ccccc2s1. The van der Waals surface area contributed by atoms with Gasteiger partial charge in [-0.15, -0.1) is 10.2 Å². The molecule has 1 amide bonds. The van der Waals surface area contributed by atoms with Crippen LogP contribution in [0, 0.1) is 0 Å². The molecule has 0 aliphatic carbocycles. The first-order valence-electron chi connectivity index (χ1n) is 9.01. The van der Waals surface area contributed by atoms with Gasteiger partial charge in [0.25, 0.3) is 0 Å². The van der Waals surface area contributed by atoms with E-state index in [1.165, 1.54) is 23.1 Å². The smallest absolute Gasteiger partial charge is 0.239 e. The van der Waals surface area contributed by atoms with Gasteiger partial charge in [0.05, 0.1) is 21.0 Å². The minimum atomic E-state index is -0.393. The second-order valence-electron chi connectivity index (χ2n) is 6.58. The van der Waals surface area contributed by atoms with Crippen LogP contribution >= 0.6 is 23.1 Å². The van der Waals surface area contributed by atoms with Gasteiger partial charge >= 0.3 is 0 Å². The zero-order valence-corrected chi connectivity index (χ0v) is 17.3. The minimum Gasteiger partial charge on any atom is -0.327 e. The van der Waals surface area contributed by atoms with Crippen LogP contribution in [0.25, 0.3) is 32.3 Å². The number of carbonyl (C=O) groups excluding carboxylic acids is 1. The molecule has 7 nitrogen and oxygen atoms in total. The first-order chi connectivity index (χ1) is 14.1. The largest absolute Gasteiger partial charge is 0.327 e. The first kappa shape index (κ1) is 18.0. The van der Waals surface area contributed by atoms with Gasteiger partial charge in [-0.2, -0.15) is 0 Å². The quantitative estimate of drug-likeness (QED) is 0.438. The summed E-state index contributed by atoms with van der Waals surface area (Å²) >= 11 is 2.73. The number of nitrogens with one attached hydrogen (secondary N) is 1. The van der Waals surface area contributed by atoms with Crippen LogP contribution in [-0.4, -0.2) is 35.9 Å². The Morgan fingerprint density at radius 2 is 1.90 bits per heavy atom. The van der Waals surface area contributed by atoms with Crippen LogP contribution in [0.4, 0.5) is 5.13 Å². The Kier molecular flexibility index (Phi) is 4.40. The van der Waals surface area contributed by atoms with Gasteiger partial charge in [0.2, 0.25) is 11.1 Å². The third-order valence-corrected chi connectivity index (χ3v) is 6.57. The van der Waals surface area contributed by atoms with Crippen molar-refractivity contribution in [3.05, 3.63) is 48.5 Å². The topological polar surface area (TPSA) is 85.6 Å². The number of para-hydroxylation sites is 2. The van der Waals surface area contributed by atoms with E-state index in [1.54, 1.807) is 0 Å². The van der Waals surface area contributed by atoms with E-state index in [4.69, 9.17) is 0 Å². The van der Waals surface area contributed by atoms with Crippen LogP contribution in [-0.2, 0) is 11.8 Å². The summed E-state index contributed by atoms with van der Waals surface area (Å²) in [6, 6.07) is 15.8. The molecule has 144 valence electrons. The van der Waals surface area contributed by atoms with E-state index < -0.39 is 5.25 Å². The number of hydrogen-bond acceptors (Lipinski definition) is 7. The molecule has 5 aromatic rings. The van der Waals surface area contributed by atoms with E-state index in [0.29, 0.717) is 10.3 Å². The van der Waals surface area contributed by atoms with E-state index in [2.05, 4.69) is 25.5 Å². The van der Waals surface area contributed by atoms with Crippen molar-refractivity contribution in [2.45, 2.75) is 17.3 Å². The number of nitrogens with zero attached hydrogens (tertiary/aromatic N) is 5. The lowest BCUT2D eigenvalue weighted by Crippen LogP contribution is -2.22. The summed E-state index contributed by atoms with van der Waals surface area (Å²) in [6.45, 7) is 1.82. The van der Waals surface area contributed by atoms with E-state index in [9.17, 15) is 4.79 Å². The summed E-state index contributed by atoms with van der Waals surface area (Å²) in [5.74, 6) is -0.144. The van der Waals surface area contributed by atoms with Crippen molar-refractivity contribution in [1.29, 1.82) is 0 Å². The molecule has 29 heavy (non-hydrogen) atoms. The number of carbonyl (C=O) groups is 1. The molecule has 0 saturated heterocycles. The molecule has 0 spiro atoms. The maximum absolute atomic E-state index is 12.6. The summed E-state index contributed by atoms with van der Waals surface area (Å²) in [5.41, 5.74) is 3.44. The third kappa shape index (κ3) is 3.22. The number of thioether (sulfide) groups is 1. The second kappa shape index (κ2) is 7.09. The average molecular weight is 421 g/mol. The molecule has 0 unspecified atom stereocenters. The molecule has 0 aliphatic rings. The van der Waals surface area contributed by atoms with Crippen molar-refractivity contribution < 1.29 is 4.79 Å². The highest BCUT2D eigenvalue weighted by Gasteiger charge is 2.19. The summed E-state index contributed by atoms with van der Waals surface area (Å²) in [4.78, 5) is 21.7. The molecule has 2 aromatic carbocycles. The van der Waals surface area contributed by atoms with Crippen LogP contribution in [0.5, 0.6) is 0 Å². The number of aryl methyl sites for hydroxylation is 1. The molecule has 0 saturated carbocycles. The van der Waals surface area contributed by atoms with Crippen LogP contribution in [0.15, 0.2) is 53.7 Å². The summed E-state index contributed by atoms with van der Waals surface area (Å²) in [6.07, 6.45) is 0. The number of anilines is 1. The van der Waals surface area contributed by atoms with Crippen LogP contribution < -0.4 is 5.32 Å². The molecule has 0 bridgehead atoms. The molecule has 1 atom stereocenters. The summed E-state index contributed by atoms with van der Waals surface area (Å²) in [5, 5.41) is 13.2. The van der Waals surface area contributed by atoms with Gasteiger partial charge in [-0.1, -0.05) is 53.4 Å². The molecule has 5 rings (SSSR count). The zero-order valence-electron chi connectivity index (χ0n) is 15.7. The normalized spacial score (nSPS) is 12.6. The van der Waals surface area contributed by atoms with Gasteiger partial charge in [-0.25, -0.2) is 9.97 Å². The first-order valence-corrected chi connectivity index (χ1v) is 10.7. The maximum atomic E-state index is 12.6. The highest BCUT2D eigenvalue weighted by Crippen LogP contribution is 2.29. The number of aromatic nitrogens is 5. The van der Waals surface area contributed by atoms with Crippen LogP contribution in [0.3, 0.4) is 0 Å². The molecule has 9 heteroatoms. The molecular weight excluding hydrogens is 404 g/mol. The fourth-order valence-corrected chi connectivity index (χ4v) is 4.76.